The summed E-state index contributed by atoms with van der Waals surface area (Å²) in [6.45, 7) is 1.85. The Balaban J connectivity index is 3.95. The molecule has 0 rings (SSSR count). The van der Waals surface area contributed by atoms with E-state index >= 15 is 0 Å². The maximum Gasteiger partial charge on any atom is 0.133 e. The van der Waals surface area contributed by atoms with Gasteiger partial charge in [0.1, 0.15) is 14.1 Å². The minimum atomic E-state index is -0.648. The van der Waals surface area contributed by atoms with E-state index < -0.39 is 4.75 Å². The number of thioether (sulfide) groups is 2. The van der Waals surface area contributed by atoms with Gasteiger partial charge in [0, 0.05) is 25.7 Å². The van der Waals surface area contributed by atoms with Crippen LogP contribution in [-0.4, -0.2) is 19.8 Å². The summed E-state index contributed by atoms with van der Waals surface area (Å²) in [6.07, 6.45) is 18.8. The molecule has 0 amide bonds. The van der Waals surface area contributed by atoms with E-state index in [4.69, 9.17) is 25.1 Å². The summed E-state index contributed by atoms with van der Waals surface area (Å²) in [6, 6.07) is 2.30. The minimum Gasteiger partial charge on any atom is -0.300 e. The van der Waals surface area contributed by atoms with Crippen LogP contribution in [0.5, 0.6) is 0 Å². The third-order valence-corrected chi connectivity index (χ3v) is 6.51. The molecule has 0 aliphatic rings. The predicted octanol–water partition coefficient (Wildman–Crippen LogP) is 5.76. The molecule has 5 heteroatoms. The van der Waals surface area contributed by atoms with Gasteiger partial charge in [-0.05, 0) is 31.9 Å². The Morgan fingerprint density at radius 2 is 1.72 bits per heavy atom. The highest BCUT2D eigenvalue weighted by Gasteiger charge is 2.27. The first-order valence-electron chi connectivity index (χ1n) is 8.63. The van der Waals surface area contributed by atoms with Gasteiger partial charge >= 0.3 is 0 Å². The van der Waals surface area contributed by atoms with E-state index in [0.29, 0.717) is 25.7 Å². The number of hydrogen-bond acceptors (Lipinski definition) is 5. The number of rotatable bonds is 13. The van der Waals surface area contributed by atoms with Gasteiger partial charge in [0.2, 0.25) is 0 Å². The summed E-state index contributed by atoms with van der Waals surface area (Å²) in [5, 5.41) is 9.44. The highest BCUT2D eigenvalue weighted by molar-refractivity contribution is 8.47. The average Bonchev–Trinajstić information content (AvgIpc) is 2.60. The van der Waals surface area contributed by atoms with Crippen LogP contribution in [0.4, 0.5) is 0 Å². The number of carbonyl (C=O) groups is 1. The zero-order chi connectivity index (χ0) is 19.0. The van der Waals surface area contributed by atoms with Gasteiger partial charge < -0.3 is 0 Å². The van der Waals surface area contributed by atoms with Crippen LogP contribution in [0.15, 0.2) is 0 Å². The summed E-state index contributed by atoms with van der Waals surface area (Å²) >= 11 is 8.44. The molecule has 0 saturated carbocycles. The zero-order valence-corrected chi connectivity index (χ0v) is 17.5. The third-order valence-electron chi connectivity index (χ3n) is 3.66. The van der Waals surface area contributed by atoms with E-state index in [1.807, 2.05) is 6.92 Å². The second-order valence-corrected chi connectivity index (χ2v) is 9.81. The summed E-state index contributed by atoms with van der Waals surface area (Å²) in [5.74, 6) is 6.21. The first-order chi connectivity index (χ1) is 12.0. The summed E-state index contributed by atoms with van der Waals surface area (Å²) in [5.41, 5.74) is 0. The van der Waals surface area contributed by atoms with Gasteiger partial charge in [0.25, 0.3) is 0 Å². The van der Waals surface area contributed by atoms with Gasteiger partial charge in [0.15, 0.2) is 0 Å². The second kappa shape index (κ2) is 15.3. The van der Waals surface area contributed by atoms with Crippen molar-refractivity contribution >= 4 is 45.1 Å². The normalized spacial score (nSPS) is 12.4. The predicted molar refractivity (Wildman–Crippen MR) is 116 cm³/mol. The van der Waals surface area contributed by atoms with Gasteiger partial charge in [-0.25, -0.2) is 0 Å². The van der Waals surface area contributed by atoms with E-state index in [2.05, 4.69) is 17.9 Å². The van der Waals surface area contributed by atoms with Crippen molar-refractivity contribution < 1.29 is 4.79 Å². The van der Waals surface area contributed by atoms with Crippen molar-refractivity contribution in [3.63, 3.8) is 0 Å². The van der Waals surface area contributed by atoms with Crippen molar-refractivity contribution in [1.29, 1.82) is 5.26 Å². The molecule has 1 atom stereocenters. The van der Waals surface area contributed by atoms with E-state index in [1.165, 1.54) is 31.0 Å². The van der Waals surface area contributed by atoms with Crippen LogP contribution >= 0.6 is 35.7 Å². The average molecular weight is 394 g/mol. The maximum atomic E-state index is 11.7. The van der Waals surface area contributed by atoms with Crippen molar-refractivity contribution in [2.24, 2.45) is 0 Å². The fourth-order valence-corrected chi connectivity index (χ4v) is 5.04. The highest BCUT2D eigenvalue weighted by atomic mass is 32.2. The fourth-order valence-electron chi connectivity index (χ4n) is 2.07. The molecule has 0 aromatic heterocycles. The number of hydrogen-bond donors (Lipinski definition) is 0. The molecule has 0 fully saturated rings. The number of carbonyl (C=O) groups excluding carboxylic acids is 1. The maximum absolute atomic E-state index is 11.7. The lowest BCUT2D eigenvalue weighted by Gasteiger charge is -2.20. The smallest absolute Gasteiger partial charge is 0.133 e. The number of Topliss-reactive ketones (excluding diaryl/α,β-unsaturated/α-hetero) is 1. The molecule has 0 heterocycles. The van der Waals surface area contributed by atoms with Crippen LogP contribution in [0.25, 0.3) is 0 Å². The van der Waals surface area contributed by atoms with E-state index in [9.17, 15) is 10.1 Å². The molecule has 25 heavy (non-hydrogen) atoms. The van der Waals surface area contributed by atoms with E-state index in [1.54, 1.807) is 11.8 Å². The topological polar surface area (TPSA) is 40.9 Å². The van der Waals surface area contributed by atoms with Crippen molar-refractivity contribution in [2.45, 2.75) is 75.9 Å². The minimum absolute atomic E-state index is 0.114. The second-order valence-electron chi connectivity index (χ2n) is 6.01. The monoisotopic (exact) mass is 393 g/mol. The van der Waals surface area contributed by atoms with Gasteiger partial charge in [-0.3, -0.25) is 4.79 Å². The first-order valence-corrected chi connectivity index (χ1v) is 10.8. The lowest BCUT2D eigenvalue weighted by molar-refractivity contribution is -0.119. The lowest BCUT2D eigenvalue weighted by atomic mass is 10.0. The van der Waals surface area contributed by atoms with Gasteiger partial charge in [0.05, 0.1) is 6.07 Å². The number of nitrogens with zero attached hydrogens (tertiary/aromatic N) is 1. The molecule has 0 N–H and O–H groups in total. The molecule has 2 nitrogen and oxygen atoms in total. The molecule has 0 radical (unpaired) electrons. The van der Waals surface area contributed by atoms with Crippen LogP contribution in [0.1, 0.15) is 71.1 Å². The number of ketones is 1. The molecule has 0 aliphatic carbocycles. The van der Waals surface area contributed by atoms with Crippen molar-refractivity contribution in [2.75, 3.05) is 5.75 Å². The van der Waals surface area contributed by atoms with Gasteiger partial charge in [-0.1, -0.05) is 43.2 Å². The fraction of sp³-hybridized carbons (Fsp3) is 0.650. The summed E-state index contributed by atoms with van der Waals surface area (Å²) in [4.78, 5) is 11.7. The molecule has 136 valence electrons. The SMILES string of the molecule is C#CCCCCCCCSC(=S)SC(C)(C#N)CCC(=O)CCC#C. The Kier molecular flexibility index (Phi) is 14.8. The Labute approximate surface area is 167 Å². The van der Waals surface area contributed by atoms with Crippen molar-refractivity contribution in [3.8, 4) is 30.8 Å². The van der Waals surface area contributed by atoms with Crippen LogP contribution < -0.4 is 0 Å². The van der Waals surface area contributed by atoms with Gasteiger partial charge in [-0.2, -0.15) is 5.26 Å². The van der Waals surface area contributed by atoms with Crippen LogP contribution in [0, 0.1) is 36.0 Å². The summed E-state index contributed by atoms with van der Waals surface area (Å²) in [7, 11) is 0. The van der Waals surface area contributed by atoms with E-state index in [-0.39, 0.29) is 5.78 Å². The molecular formula is C20H27NOS3. The van der Waals surface area contributed by atoms with E-state index in [0.717, 1.165) is 28.5 Å². The number of thiocarbonyl (C=S) groups is 1. The molecule has 0 saturated heterocycles. The highest BCUT2D eigenvalue weighted by Crippen LogP contribution is 2.35. The zero-order valence-electron chi connectivity index (χ0n) is 15.0. The molecule has 0 aromatic rings. The van der Waals surface area contributed by atoms with Crippen molar-refractivity contribution in [1.82, 2.24) is 0 Å². The number of terminal acetylenes is 2. The quantitative estimate of drug-likeness (QED) is 0.226. The molecule has 0 aliphatic heterocycles. The molecule has 0 spiro atoms. The lowest BCUT2D eigenvalue weighted by Crippen LogP contribution is -2.20. The Hall–Kier alpha value is -0.930. The largest absolute Gasteiger partial charge is 0.300 e. The molecule has 1 unspecified atom stereocenters. The van der Waals surface area contributed by atoms with Gasteiger partial charge in [-0.15, -0.1) is 36.4 Å². The Bertz CT molecular complexity index is 539. The van der Waals surface area contributed by atoms with Crippen LogP contribution in [-0.2, 0) is 4.79 Å². The first kappa shape index (κ1) is 24.1. The van der Waals surface area contributed by atoms with Crippen LogP contribution in [0.2, 0.25) is 0 Å². The number of nitriles is 1. The molecule has 0 aromatic carbocycles. The third kappa shape index (κ3) is 14.0. The molecule has 0 bridgehead atoms. The molecular weight excluding hydrogens is 366 g/mol. The Morgan fingerprint density at radius 1 is 1.08 bits per heavy atom. The Morgan fingerprint density at radius 3 is 2.36 bits per heavy atom. The number of unbranched alkanes of at least 4 members (excludes halogenated alkanes) is 5. The van der Waals surface area contributed by atoms with Crippen LogP contribution in [0.3, 0.4) is 0 Å². The summed E-state index contributed by atoms with van der Waals surface area (Å²) < 4.78 is 0.137. The standard InChI is InChI=1S/C20H27NOS3/c1-4-6-8-9-10-11-12-16-24-19(23)25-20(3,17-21)15-14-18(22)13-7-5-2/h1-2H,6-16H2,3H3. The van der Waals surface area contributed by atoms with Crippen molar-refractivity contribution in [3.05, 3.63) is 0 Å².